The molecule has 154 valence electrons. The molecule has 2 aliphatic carbocycles. The highest BCUT2D eigenvalue weighted by molar-refractivity contribution is 5.95. The first-order chi connectivity index (χ1) is 14.7. The third-order valence-electron chi connectivity index (χ3n) is 6.56. The molecule has 1 atom stereocenters. The number of carbonyl (C=O) groups is 2. The highest BCUT2D eigenvalue weighted by atomic mass is 16.2. The van der Waals surface area contributed by atoms with E-state index in [9.17, 15) is 9.59 Å². The summed E-state index contributed by atoms with van der Waals surface area (Å²) in [5, 5.41) is 0. The number of aryl methyl sites for hydroxylation is 1. The summed E-state index contributed by atoms with van der Waals surface area (Å²) in [6.45, 7) is 0.797. The van der Waals surface area contributed by atoms with Gasteiger partial charge in [0, 0.05) is 30.8 Å². The van der Waals surface area contributed by atoms with E-state index in [-0.39, 0.29) is 17.9 Å². The van der Waals surface area contributed by atoms with E-state index in [2.05, 4.69) is 29.2 Å². The van der Waals surface area contributed by atoms with Crippen LogP contribution in [0, 0.1) is 0 Å². The number of anilines is 1. The van der Waals surface area contributed by atoms with E-state index in [1.807, 2.05) is 35.2 Å². The molecule has 4 heteroatoms. The fraction of sp³-hybridized carbons (Fsp3) is 0.385. The van der Waals surface area contributed by atoms with E-state index < -0.39 is 0 Å². The van der Waals surface area contributed by atoms with E-state index in [1.54, 1.807) is 6.08 Å². The summed E-state index contributed by atoms with van der Waals surface area (Å²) in [6, 6.07) is 17.1. The van der Waals surface area contributed by atoms with Crippen LogP contribution in [0.3, 0.4) is 0 Å². The quantitative estimate of drug-likeness (QED) is 0.670. The predicted molar refractivity (Wildman–Crippen MR) is 119 cm³/mol. The molecule has 0 spiro atoms. The van der Waals surface area contributed by atoms with E-state index in [0.29, 0.717) is 12.5 Å². The van der Waals surface area contributed by atoms with Crippen molar-refractivity contribution >= 4 is 23.6 Å². The third kappa shape index (κ3) is 3.79. The van der Waals surface area contributed by atoms with Crippen LogP contribution < -0.4 is 4.90 Å². The predicted octanol–water partition coefficient (Wildman–Crippen LogP) is 4.90. The molecule has 30 heavy (non-hydrogen) atoms. The fourth-order valence-electron chi connectivity index (χ4n) is 4.90. The van der Waals surface area contributed by atoms with Gasteiger partial charge in [-0.15, -0.1) is 0 Å². The maximum absolute atomic E-state index is 13.2. The highest BCUT2D eigenvalue weighted by Gasteiger charge is 2.38. The summed E-state index contributed by atoms with van der Waals surface area (Å²) >= 11 is 0. The lowest BCUT2D eigenvalue weighted by atomic mass is 9.86. The van der Waals surface area contributed by atoms with Gasteiger partial charge in [-0.25, -0.2) is 0 Å². The lowest BCUT2D eigenvalue weighted by Crippen LogP contribution is -2.37. The summed E-state index contributed by atoms with van der Waals surface area (Å²) < 4.78 is 0. The Balaban J connectivity index is 1.32. The monoisotopic (exact) mass is 400 g/mol. The summed E-state index contributed by atoms with van der Waals surface area (Å²) in [7, 11) is 0. The molecule has 0 N–H and O–H groups in total. The molecule has 1 saturated carbocycles. The van der Waals surface area contributed by atoms with Gasteiger partial charge in [0.15, 0.2) is 0 Å². The molecule has 1 heterocycles. The van der Waals surface area contributed by atoms with E-state index in [4.69, 9.17) is 0 Å². The van der Waals surface area contributed by atoms with Crippen molar-refractivity contribution in [2.75, 3.05) is 11.4 Å². The zero-order chi connectivity index (χ0) is 20.5. The molecule has 5 rings (SSSR count). The normalized spacial score (nSPS) is 21.1. The number of hydrogen-bond acceptors (Lipinski definition) is 2. The minimum atomic E-state index is 0.109. The van der Waals surface area contributed by atoms with Crippen LogP contribution in [0.25, 0.3) is 6.08 Å². The van der Waals surface area contributed by atoms with Gasteiger partial charge < -0.3 is 9.80 Å². The van der Waals surface area contributed by atoms with Gasteiger partial charge in [0.05, 0.1) is 6.04 Å². The molecule has 0 bridgehead atoms. The SMILES string of the molecule is O=C1CCCN1c1ccc(/C=C/C(=O)N(C2CC2)C2CCCc3ccccc32)cc1. The Kier molecular flexibility index (Phi) is 5.16. The smallest absolute Gasteiger partial charge is 0.247 e. The zero-order valence-electron chi connectivity index (χ0n) is 17.3. The van der Waals surface area contributed by atoms with Gasteiger partial charge in [0.1, 0.15) is 0 Å². The standard InChI is InChI=1S/C26H28N2O2/c29-25-9-4-18-27(25)21-13-10-19(11-14-21)12-17-26(30)28(22-15-16-22)24-8-3-6-20-5-1-2-7-23(20)24/h1-2,5,7,10-14,17,22,24H,3-4,6,8-9,15-16,18H2/b17-12+. The Morgan fingerprint density at radius 3 is 2.50 bits per heavy atom. The van der Waals surface area contributed by atoms with Crippen LogP contribution >= 0.6 is 0 Å². The fourth-order valence-corrected chi connectivity index (χ4v) is 4.90. The van der Waals surface area contributed by atoms with Crippen molar-refractivity contribution in [2.24, 2.45) is 0 Å². The molecule has 3 aliphatic rings. The van der Waals surface area contributed by atoms with E-state index in [1.165, 1.54) is 11.1 Å². The van der Waals surface area contributed by atoms with Gasteiger partial charge in [-0.1, -0.05) is 36.4 Å². The molecule has 4 nitrogen and oxygen atoms in total. The van der Waals surface area contributed by atoms with Crippen LogP contribution in [0.15, 0.2) is 54.6 Å². The number of benzene rings is 2. The number of amides is 2. The first-order valence-electron chi connectivity index (χ1n) is 11.2. The molecule has 1 unspecified atom stereocenters. The van der Waals surface area contributed by atoms with Crippen molar-refractivity contribution in [3.63, 3.8) is 0 Å². The molecule has 2 amide bonds. The van der Waals surface area contributed by atoms with Gasteiger partial charge in [0.25, 0.3) is 0 Å². The van der Waals surface area contributed by atoms with Crippen molar-refractivity contribution in [3.05, 3.63) is 71.3 Å². The first-order valence-corrected chi connectivity index (χ1v) is 11.2. The van der Waals surface area contributed by atoms with Gasteiger partial charge in [0.2, 0.25) is 11.8 Å². The largest absolute Gasteiger partial charge is 0.329 e. The van der Waals surface area contributed by atoms with Crippen LogP contribution in [0.5, 0.6) is 0 Å². The molecule has 0 radical (unpaired) electrons. The summed E-state index contributed by atoms with van der Waals surface area (Å²) in [6.07, 6.45) is 10.7. The second-order valence-corrected chi connectivity index (χ2v) is 8.66. The Labute approximate surface area is 178 Å². The van der Waals surface area contributed by atoms with Crippen LogP contribution in [-0.4, -0.2) is 29.3 Å². The lowest BCUT2D eigenvalue weighted by molar-refractivity contribution is -0.129. The van der Waals surface area contributed by atoms with Gasteiger partial charge in [-0.3, -0.25) is 9.59 Å². The third-order valence-corrected chi connectivity index (χ3v) is 6.56. The average molecular weight is 401 g/mol. The van der Waals surface area contributed by atoms with Crippen LogP contribution in [-0.2, 0) is 16.0 Å². The first kappa shape index (κ1) is 19.1. The molecule has 2 aromatic rings. The van der Waals surface area contributed by atoms with Crippen LogP contribution in [0.2, 0.25) is 0 Å². The van der Waals surface area contributed by atoms with Crippen molar-refractivity contribution in [2.45, 2.75) is 57.0 Å². The van der Waals surface area contributed by atoms with Crippen LogP contribution in [0.1, 0.15) is 61.3 Å². The highest BCUT2D eigenvalue weighted by Crippen LogP contribution is 2.41. The Bertz CT molecular complexity index is 975. The lowest BCUT2D eigenvalue weighted by Gasteiger charge is -2.35. The number of fused-ring (bicyclic) bond motifs is 1. The molecule has 2 fully saturated rings. The van der Waals surface area contributed by atoms with Gasteiger partial charge >= 0.3 is 0 Å². The molecule has 1 aliphatic heterocycles. The molecule has 0 aromatic heterocycles. The average Bonchev–Trinajstić information content (AvgIpc) is 3.52. The summed E-state index contributed by atoms with van der Waals surface area (Å²) in [4.78, 5) is 29.1. The van der Waals surface area contributed by atoms with Gasteiger partial charge in [-0.2, -0.15) is 0 Å². The summed E-state index contributed by atoms with van der Waals surface area (Å²) in [5.74, 6) is 0.305. The van der Waals surface area contributed by atoms with E-state index >= 15 is 0 Å². The van der Waals surface area contributed by atoms with Gasteiger partial charge in [-0.05, 0) is 73.4 Å². The van der Waals surface area contributed by atoms with Crippen LogP contribution in [0.4, 0.5) is 5.69 Å². The number of hydrogen-bond donors (Lipinski definition) is 0. The van der Waals surface area contributed by atoms with E-state index in [0.717, 1.165) is 56.3 Å². The minimum Gasteiger partial charge on any atom is -0.329 e. The zero-order valence-corrected chi connectivity index (χ0v) is 17.3. The Morgan fingerprint density at radius 2 is 1.77 bits per heavy atom. The second-order valence-electron chi connectivity index (χ2n) is 8.66. The molecule has 2 aromatic carbocycles. The number of rotatable bonds is 5. The Morgan fingerprint density at radius 1 is 0.967 bits per heavy atom. The number of nitrogens with zero attached hydrogens (tertiary/aromatic N) is 2. The minimum absolute atomic E-state index is 0.109. The summed E-state index contributed by atoms with van der Waals surface area (Å²) in [5.41, 5.74) is 4.65. The topological polar surface area (TPSA) is 40.6 Å². The van der Waals surface area contributed by atoms with Crippen molar-refractivity contribution in [3.8, 4) is 0 Å². The van der Waals surface area contributed by atoms with Crippen molar-refractivity contribution in [1.82, 2.24) is 4.90 Å². The maximum Gasteiger partial charge on any atom is 0.247 e. The van der Waals surface area contributed by atoms with Crippen molar-refractivity contribution in [1.29, 1.82) is 0 Å². The second kappa shape index (κ2) is 8.10. The molecule has 1 saturated heterocycles. The molecular formula is C26H28N2O2. The molecular weight excluding hydrogens is 372 g/mol. The maximum atomic E-state index is 13.2. The Hall–Kier alpha value is -2.88. The van der Waals surface area contributed by atoms with Crippen molar-refractivity contribution < 1.29 is 9.59 Å². The number of carbonyl (C=O) groups excluding carboxylic acids is 2.